The van der Waals surface area contributed by atoms with Gasteiger partial charge in [0.2, 0.25) is 0 Å². The van der Waals surface area contributed by atoms with Gasteiger partial charge in [-0.25, -0.2) is 0 Å². The molecule has 0 heterocycles. The van der Waals surface area contributed by atoms with E-state index in [0.717, 1.165) is 23.7 Å². The highest BCUT2D eigenvalue weighted by Gasteiger charge is 2.52. The van der Waals surface area contributed by atoms with E-state index >= 15 is 0 Å². The zero-order valence-corrected chi connectivity index (χ0v) is 8.82. The molecule has 0 aliphatic heterocycles. The van der Waals surface area contributed by atoms with E-state index in [9.17, 15) is 0 Å². The van der Waals surface area contributed by atoms with Crippen LogP contribution in [0.25, 0.3) is 0 Å². The van der Waals surface area contributed by atoms with Crippen LogP contribution in [-0.4, -0.2) is 6.10 Å². The van der Waals surface area contributed by atoms with Gasteiger partial charge in [0.05, 0.1) is 6.26 Å². The van der Waals surface area contributed by atoms with E-state index in [1.807, 2.05) is 0 Å². The monoisotopic (exact) mass is 192 g/mol. The number of hydrogen-bond donors (Lipinski definition) is 0. The van der Waals surface area contributed by atoms with Crippen LogP contribution in [-0.2, 0) is 4.74 Å². The summed E-state index contributed by atoms with van der Waals surface area (Å²) >= 11 is 0. The average Bonchev–Trinajstić information content (AvgIpc) is 2.79. The zero-order chi connectivity index (χ0) is 9.54. The third-order valence-corrected chi connectivity index (χ3v) is 4.88. The third kappa shape index (κ3) is 1.14. The van der Waals surface area contributed by atoms with E-state index in [1.54, 1.807) is 6.26 Å². The van der Waals surface area contributed by atoms with Crippen molar-refractivity contribution in [2.45, 2.75) is 44.6 Å². The quantitative estimate of drug-likeness (QED) is 0.610. The Labute approximate surface area is 86.5 Å². The lowest BCUT2D eigenvalue weighted by Gasteiger charge is -2.40. The standard InChI is InChI=1S/C13H20O/c1-2-14-12-5-3-4-11-9-6-7-10(8-9)13(11)12/h2,9-13H,1,3-8H2. The van der Waals surface area contributed by atoms with E-state index < -0.39 is 0 Å². The molecule has 3 fully saturated rings. The maximum atomic E-state index is 5.71. The Morgan fingerprint density at radius 1 is 1.07 bits per heavy atom. The van der Waals surface area contributed by atoms with Crippen LogP contribution in [0, 0.1) is 23.7 Å². The maximum absolute atomic E-state index is 5.71. The minimum atomic E-state index is 0.515. The van der Waals surface area contributed by atoms with Crippen LogP contribution in [0.4, 0.5) is 0 Å². The molecular weight excluding hydrogens is 172 g/mol. The predicted octanol–water partition coefficient (Wildman–Crippen LogP) is 3.36. The Morgan fingerprint density at radius 2 is 1.93 bits per heavy atom. The molecule has 5 atom stereocenters. The van der Waals surface area contributed by atoms with Gasteiger partial charge in [-0.1, -0.05) is 6.58 Å². The van der Waals surface area contributed by atoms with Crippen molar-refractivity contribution < 1.29 is 4.74 Å². The summed E-state index contributed by atoms with van der Waals surface area (Å²) in [5, 5.41) is 0. The Bertz CT molecular complexity index is 235. The summed E-state index contributed by atoms with van der Waals surface area (Å²) in [6.45, 7) is 3.71. The second-order valence-corrected chi connectivity index (χ2v) is 5.35. The molecule has 0 amide bonds. The molecule has 3 saturated carbocycles. The average molecular weight is 192 g/mol. The van der Waals surface area contributed by atoms with Crippen molar-refractivity contribution in [2.24, 2.45) is 23.7 Å². The third-order valence-electron chi connectivity index (χ3n) is 4.88. The largest absolute Gasteiger partial charge is 0.498 e. The van der Waals surface area contributed by atoms with Crippen LogP contribution < -0.4 is 0 Å². The second-order valence-electron chi connectivity index (χ2n) is 5.35. The van der Waals surface area contributed by atoms with Gasteiger partial charge in [-0.3, -0.25) is 0 Å². The van der Waals surface area contributed by atoms with E-state index in [-0.39, 0.29) is 0 Å². The van der Waals surface area contributed by atoms with Crippen LogP contribution in [0.2, 0.25) is 0 Å². The van der Waals surface area contributed by atoms with Crippen LogP contribution in [0.15, 0.2) is 12.8 Å². The molecule has 0 aromatic heterocycles. The minimum Gasteiger partial charge on any atom is -0.498 e. The van der Waals surface area contributed by atoms with Crippen LogP contribution in [0.1, 0.15) is 38.5 Å². The van der Waals surface area contributed by atoms with Crippen molar-refractivity contribution in [2.75, 3.05) is 0 Å². The molecule has 3 aliphatic rings. The minimum absolute atomic E-state index is 0.515. The van der Waals surface area contributed by atoms with Gasteiger partial charge >= 0.3 is 0 Å². The van der Waals surface area contributed by atoms with Gasteiger partial charge < -0.3 is 4.74 Å². The summed E-state index contributed by atoms with van der Waals surface area (Å²) in [6.07, 6.45) is 10.8. The lowest BCUT2D eigenvalue weighted by atomic mass is 9.69. The first-order valence-corrected chi connectivity index (χ1v) is 6.16. The molecule has 1 nitrogen and oxygen atoms in total. The second kappa shape index (κ2) is 3.29. The summed E-state index contributed by atoms with van der Waals surface area (Å²) in [5.41, 5.74) is 0. The van der Waals surface area contributed by atoms with E-state index in [0.29, 0.717) is 6.10 Å². The molecule has 0 spiro atoms. The van der Waals surface area contributed by atoms with Gasteiger partial charge in [-0.15, -0.1) is 0 Å². The zero-order valence-electron chi connectivity index (χ0n) is 8.82. The molecule has 0 N–H and O–H groups in total. The first-order valence-electron chi connectivity index (χ1n) is 6.16. The van der Waals surface area contributed by atoms with Crippen LogP contribution in [0.3, 0.4) is 0 Å². The van der Waals surface area contributed by atoms with Crippen LogP contribution >= 0.6 is 0 Å². The molecule has 14 heavy (non-hydrogen) atoms. The van der Waals surface area contributed by atoms with Crippen LogP contribution in [0.5, 0.6) is 0 Å². The van der Waals surface area contributed by atoms with Crippen molar-refractivity contribution in [3.63, 3.8) is 0 Å². The van der Waals surface area contributed by atoms with Gasteiger partial charge in [-0.05, 0) is 56.3 Å². The molecule has 0 radical (unpaired) electrons. The summed E-state index contributed by atoms with van der Waals surface area (Å²) in [4.78, 5) is 0. The molecule has 1 heteroatoms. The fourth-order valence-corrected chi connectivity index (χ4v) is 4.49. The number of rotatable bonds is 2. The Hall–Kier alpha value is -0.460. The van der Waals surface area contributed by atoms with Crippen molar-refractivity contribution in [3.8, 4) is 0 Å². The van der Waals surface area contributed by atoms with Gasteiger partial charge in [0.1, 0.15) is 6.10 Å². The fraction of sp³-hybridized carbons (Fsp3) is 0.846. The Balaban J connectivity index is 1.79. The van der Waals surface area contributed by atoms with Gasteiger partial charge in [-0.2, -0.15) is 0 Å². The lowest BCUT2D eigenvalue weighted by Crippen LogP contribution is -2.37. The molecule has 3 rings (SSSR count). The first kappa shape index (κ1) is 8.82. The van der Waals surface area contributed by atoms with Crippen molar-refractivity contribution in [1.29, 1.82) is 0 Å². The lowest BCUT2D eigenvalue weighted by molar-refractivity contribution is -0.00637. The molecular formula is C13H20O. The van der Waals surface area contributed by atoms with Crippen molar-refractivity contribution in [1.82, 2.24) is 0 Å². The SMILES string of the molecule is C=COC1CCCC2C3CCC(C3)C12. The fourth-order valence-electron chi connectivity index (χ4n) is 4.49. The van der Waals surface area contributed by atoms with Gasteiger partial charge in [0.15, 0.2) is 0 Å². The predicted molar refractivity (Wildman–Crippen MR) is 56.7 cm³/mol. The Kier molecular flexibility index (Phi) is 2.07. The summed E-state index contributed by atoms with van der Waals surface area (Å²) < 4.78 is 5.71. The van der Waals surface area contributed by atoms with E-state index in [2.05, 4.69) is 6.58 Å². The van der Waals surface area contributed by atoms with Crippen molar-refractivity contribution >= 4 is 0 Å². The highest BCUT2D eigenvalue weighted by atomic mass is 16.5. The molecule has 5 unspecified atom stereocenters. The summed E-state index contributed by atoms with van der Waals surface area (Å²) in [6, 6.07) is 0. The first-order chi connectivity index (χ1) is 6.90. The van der Waals surface area contributed by atoms with Crippen molar-refractivity contribution in [3.05, 3.63) is 12.8 Å². The van der Waals surface area contributed by atoms with Gasteiger partial charge in [0, 0.05) is 5.92 Å². The molecule has 0 aromatic carbocycles. The summed E-state index contributed by atoms with van der Waals surface area (Å²) in [5.74, 6) is 3.95. The normalized spacial score (nSPS) is 50.1. The van der Waals surface area contributed by atoms with E-state index in [4.69, 9.17) is 4.74 Å². The highest BCUT2D eigenvalue weighted by Crippen LogP contribution is 2.57. The molecule has 3 aliphatic carbocycles. The van der Waals surface area contributed by atoms with E-state index in [1.165, 1.54) is 38.5 Å². The summed E-state index contributed by atoms with van der Waals surface area (Å²) in [7, 11) is 0. The highest BCUT2D eigenvalue weighted by molar-refractivity contribution is 5.01. The molecule has 0 saturated heterocycles. The number of hydrogen-bond acceptors (Lipinski definition) is 1. The smallest absolute Gasteiger partial charge is 0.101 e. The maximum Gasteiger partial charge on any atom is 0.101 e. The molecule has 0 aromatic rings. The molecule has 78 valence electrons. The van der Waals surface area contributed by atoms with Gasteiger partial charge in [0.25, 0.3) is 0 Å². The molecule has 2 bridgehead atoms. The Morgan fingerprint density at radius 3 is 2.79 bits per heavy atom. The number of ether oxygens (including phenoxy) is 1. The topological polar surface area (TPSA) is 9.23 Å². The number of fused-ring (bicyclic) bond motifs is 5.